The number of thioether (sulfide) groups is 2. The predicted molar refractivity (Wildman–Crippen MR) is 94.6 cm³/mol. The standard InChI is InChI=1S/C16H24N2OS2/c1-17-9-7-13(8-10-17)18(16(19)12-20-2)14-5-4-6-15(11-14)21-3/h4-6,11,13H,7-10,12H2,1-3H3. The summed E-state index contributed by atoms with van der Waals surface area (Å²) in [5.74, 6) is 0.783. The van der Waals surface area contributed by atoms with E-state index in [9.17, 15) is 4.79 Å². The van der Waals surface area contributed by atoms with Crippen LogP contribution >= 0.6 is 23.5 Å². The monoisotopic (exact) mass is 324 g/mol. The third-order valence-electron chi connectivity index (χ3n) is 3.92. The van der Waals surface area contributed by atoms with Gasteiger partial charge < -0.3 is 9.80 Å². The van der Waals surface area contributed by atoms with E-state index in [1.807, 2.05) is 11.2 Å². The fourth-order valence-electron chi connectivity index (χ4n) is 2.76. The van der Waals surface area contributed by atoms with E-state index < -0.39 is 0 Å². The van der Waals surface area contributed by atoms with Crippen LogP contribution in [0.5, 0.6) is 0 Å². The molecule has 1 heterocycles. The Hall–Kier alpha value is -0.650. The van der Waals surface area contributed by atoms with Crippen molar-refractivity contribution in [2.45, 2.75) is 23.8 Å². The van der Waals surface area contributed by atoms with Crippen molar-refractivity contribution in [3.63, 3.8) is 0 Å². The third-order valence-corrected chi connectivity index (χ3v) is 5.18. The Balaban J connectivity index is 2.24. The zero-order valence-corrected chi connectivity index (χ0v) is 14.7. The van der Waals surface area contributed by atoms with Gasteiger partial charge in [-0.2, -0.15) is 11.8 Å². The topological polar surface area (TPSA) is 23.6 Å². The Morgan fingerprint density at radius 3 is 2.67 bits per heavy atom. The average Bonchev–Trinajstić information content (AvgIpc) is 2.50. The van der Waals surface area contributed by atoms with Gasteiger partial charge in [-0.25, -0.2) is 0 Å². The predicted octanol–water partition coefficient (Wildman–Crippen LogP) is 3.20. The average molecular weight is 325 g/mol. The maximum absolute atomic E-state index is 12.6. The molecule has 0 unspecified atom stereocenters. The summed E-state index contributed by atoms with van der Waals surface area (Å²) in [6.07, 6.45) is 6.17. The Morgan fingerprint density at radius 2 is 2.05 bits per heavy atom. The molecule has 1 aromatic carbocycles. The minimum atomic E-state index is 0.232. The van der Waals surface area contributed by atoms with Gasteiger partial charge >= 0.3 is 0 Å². The molecule has 5 heteroatoms. The lowest BCUT2D eigenvalue weighted by atomic mass is 10.0. The van der Waals surface area contributed by atoms with Crippen molar-refractivity contribution in [2.75, 3.05) is 43.3 Å². The van der Waals surface area contributed by atoms with Crippen molar-refractivity contribution in [3.8, 4) is 0 Å². The van der Waals surface area contributed by atoms with Gasteiger partial charge in [0.2, 0.25) is 5.91 Å². The molecule has 0 radical (unpaired) electrons. The molecule has 0 N–H and O–H groups in total. The van der Waals surface area contributed by atoms with Gasteiger partial charge in [0.05, 0.1) is 5.75 Å². The van der Waals surface area contributed by atoms with Crippen molar-refractivity contribution in [1.82, 2.24) is 4.90 Å². The van der Waals surface area contributed by atoms with Crippen LogP contribution in [0.1, 0.15) is 12.8 Å². The number of hydrogen-bond acceptors (Lipinski definition) is 4. The molecule has 1 aliphatic rings. The van der Waals surface area contributed by atoms with Crippen molar-refractivity contribution in [2.24, 2.45) is 0 Å². The summed E-state index contributed by atoms with van der Waals surface area (Å²) in [4.78, 5) is 18.2. The summed E-state index contributed by atoms with van der Waals surface area (Å²) in [5, 5.41) is 0. The Morgan fingerprint density at radius 1 is 1.33 bits per heavy atom. The molecule has 1 amide bonds. The Labute approximate surface area is 136 Å². The van der Waals surface area contributed by atoms with E-state index in [0.717, 1.165) is 31.6 Å². The lowest BCUT2D eigenvalue weighted by molar-refractivity contribution is -0.116. The van der Waals surface area contributed by atoms with Gasteiger partial charge in [-0.05, 0) is 63.7 Å². The van der Waals surface area contributed by atoms with Crippen LogP contribution in [0, 0.1) is 0 Å². The number of hydrogen-bond donors (Lipinski definition) is 0. The number of rotatable bonds is 5. The third kappa shape index (κ3) is 4.41. The summed E-state index contributed by atoms with van der Waals surface area (Å²) in [6, 6.07) is 8.69. The minimum absolute atomic E-state index is 0.232. The number of amides is 1. The number of benzene rings is 1. The van der Waals surface area contributed by atoms with E-state index in [1.165, 1.54) is 4.90 Å². The van der Waals surface area contributed by atoms with Crippen molar-refractivity contribution in [1.29, 1.82) is 0 Å². The maximum atomic E-state index is 12.6. The fraction of sp³-hybridized carbons (Fsp3) is 0.562. The van der Waals surface area contributed by atoms with Crippen LogP contribution in [0.15, 0.2) is 29.2 Å². The fourth-order valence-corrected chi connectivity index (χ4v) is 3.60. The molecule has 21 heavy (non-hydrogen) atoms. The molecule has 0 saturated carbocycles. The quantitative estimate of drug-likeness (QED) is 0.776. The van der Waals surface area contributed by atoms with Crippen molar-refractivity contribution < 1.29 is 4.79 Å². The van der Waals surface area contributed by atoms with E-state index in [0.29, 0.717) is 11.8 Å². The van der Waals surface area contributed by atoms with Gasteiger partial charge in [0, 0.05) is 16.6 Å². The van der Waals surface area contributed by atoms with E-state index in [4.69, 9.17) is 0 Å². The molecule has 1 aliphatic heterocycles. The molecule has 0 aromatic heterocycles. The summed E-state index contributed by atoms with van der Waals surface area (Å²) < 4.78 is 0. The highest BCUT2D eigenvalue weighted by Crippen LogP contribution is 2.27. The van der Waals surface area contributed by atoms with Gasteiger partial charge in [0.15, 0.2) is 0 Å². The summed E-state index contributed by atoms with van der Waals surface area (Å²) in [5.41, 5.74) is 1.05. The molecule has 1 saturated heterocycles. The first-order valence-corrected chi connectivity index (χ1v) is 9.91. The van der Waals surface area contributed by atoms with Gasteiger partial charge in [0.25, 0.3) is 0 Å². The van der Waals surface area contributed by atoms with Crippen LogP contribution < -0.4 is 4.90 Å². The Kier molecular flexibility index (Phi) is 6.45. The first-order chi connectivity index (χ1) is 10.2. The SMILES string of the molecule is CSCC(=O)N(c1cccc(SC)c1)C1CCN(C)CC1. The van der Waals surface area contributed by atoms with Crippen LogP contribution in [-0.4, -0.2) is 55.3 Å². The molecule has 116 valence electrons. The van der Waals surface area contributed by atoms with E-state index in [2.05, 4.69) is 42.5 Å². The second-order valence-electron chi connectivity index (χ2n) is 5.43. The highest BCUT2D eigenvalue weighted by Gasteiger charge is 2.27. The zero-order chi connectivity index (χ0) is 15.2. The van der Waals surface area contributed by atoms with Crippen molar-refractivity contribution >= 4 is 35.1 Å². The van der Waals surface area contributed by atoms with Crippen LogP contribution in [0.3, 0.4) is 0 Å². The molecule has 1 fully saturated rings. The normalized spacial score (nSPS) is 16.9. The van der Waals surface area contributed by atoms with E-state index >= 15 is 0 Å². The maximum Gasteiger partial charge on any atom is 0.237 e. The lowest BCUT2D eigenvalue weighted by Gasteiger charge is -2.37. The minimum Gasteiger partial charge on any atom is -0.309 e. The lowest BCUT2D eigenvalue weighted by Crippen LogP contribution is -2.47. The number of carbonyl (C=O) groups excluding carboxylic acids is 1. The van der Waals surface area contributed by atoms with Gasteiger partial charge in [-0.1, -0.05) is 6.07 Å². The van der Waals surface area contributed by atoms with E-state index in [1.54, 1.807) is 23.5 Å². The first-order valence-electron chi connectivity index (χ1n) is 7.29. The first kappa shape index (κ1) is 16.7. The van der Waals surface area contributed by atoms with Crippen LogP contribution in [0.4, 0.5) is 5.69 Å². The number of likely N-dealkylation sites (tertiary alicyclic amines) is 1. The molecule has 3 nitrogen and oxygen atoms in total. The van der Waals surface area contributed by atoms with E-state index in [-0.39, 0.29) is 5.91 Å². The highest BCUT2D eigenvalue weighted by atomic mass is 32.2. The van der Waals surface area contributed by atoms with Gasteiger partial charge in [0.1, 0.15) is 0 Å². The van der Waals surface area contributed by atoms with Gasteiger partial charge in [-0.3, -0.25) is 4.79 Å². The van der Waals surface area contributed by atoms with Gasteiger partial charge in [-0.15, -0.1) is 11.8 Å². The number of anilines is 1. The van der Waals surface area contributed by atoms with Crippen LogP contribution in [-0.2, 0) is 4.79 Å². The number of carbonyl (C=O) groups is 1. The second-order valence-corrected chi connectivity index (χ2v) is 7.18. The smallest absolute Gasteiger partial charge is 0.237 e. The number of nitrogens with zero attached hydrogens (tertiary/aromatic N) is 2. The highest BCUT2D eigenvalue weighted by molar-refractivity contribution is 7.99. The van der Waals surface area contributed by atoms with Crippen LogP contribution in [0.2, 0.25) is 0 Å². The summed E-state index contributed by atoms with van der Waals surface area (Å²) in [6.45, 7) is 2.13. The summed E-state index contributed by atoms with van der Waals surface area (Å²) >= 11 is 3.32. The van der Waals surface area contributed by atoms with Crippen LogP contribution in [0.25, 0.3) is 0 Å². The molecular weight excluding hydrogens is 300 g/mol. The Bertz CT molecular complexity index is 473. The molecule has 0 bridgehead atoms. The molecule has 0 aliphatic carbocycles. The molecule has 1 aromatic rings. The summed E-state index contributed by atoms with van der Waals surface area (Å²) in [7, 11) is 2.15. The van der Waals surface area contributed by atoms with Crippen molar-refractivity contribution in [3.05, 3.63) is 24.3 Å². The molecular formula is C16H24N2OS2. The largest absolute Gasteiger partial charge is 0.309 e. The molecule has 0 spiro atoms. The molecule has 2 rings (SSSR count). The number of piperidine rings is 1. The molecule has 0 atom stereocenters. The zero-order valence-electron chi connectivity index (χ0n) is 13.0. The second kappa shape index (κ2) is 8.11.